The Bertz CT molecular complexity index is 846. The lowest BCUT2D eigenvalue weighted by Crippen LogP contribution is -2.56. The second kappa shape index (κ2) is 7.56. The van der Waals surface area contributed by atoms with Gasteiger partial charge in [-0.3, -0.25) is 4.79 Å². The number of anilines is 1. The van der Waals surface area contributed by atoms with Crippen molar-refractivity contribution in [2.24, 2.45) is 0 Å². The number of carbonyl (C=O) groups excluding carboxylic acids is 1. The van der Waals surface area contributed by atoms with Crippen LogP contribution in [0.2, 0.25) is 0 Å². The number of methoxy groups -OCH3 is 4. The van der Waals surface area contributed by atoms with E-state index >= 15 is 0 Å². The molecule has 2 aromatic carbocycles. The minimum Gasteiger partial charge on any atom is -0.504 e. The maximum atomic E-state index is 12.6. The molecule has 7 nitrogen and oxygen atoms in total. The molecule has 0 radical (unpaired) electrons. The molecule has 0 bridgehead atoms. The van der Waals surface area contributed by atoms with E-state index in [1.54, 1.807) is 29.2 Å². The Kier molecular flexibility index (Phi) is 5.36. The standard InChI is InChI=1S/C19H20BrNO6/c1-24-13-6-5-10(7-12(13)22)17-16(20)19(23)21(17)11-8-14(25-2)18(27-4)15(9-11)26-3/h5-9,16-17,22H,1-4H3/t16-,17-/m0/s1. The summed E-state index contributed by atoms with van der Waals surface area (Å²) >= 11 is 3.43. The predicted molar refractivity (Wildman–Crippen MR) is 104 cm³/mol. The molecule has 0 aliphatic carbocycles. The van der Waals surface area contributed by atoms with Crippen molar-refractivity contribution in [3.05, 3.63) is 35.9 Å². The number of hydrogen-bond donors (Lipinski definition) is 1. The van der Waals surface area contributed by atoms with Crippen LogP contribution in [0, 0.1) is 0 Å². The lowest BCUT2D eigenvalue weighted by molar-refractivity contribution is -0.123. The lowest BCUT2D eigenvalue weighted by Gasteiger charge is -2.45. The van der Waals surface area contributed by atoms with Crippen molar-refractivity contribution in [3.8, 4) is 28.7 Å². The summed E-state index contributed by atoms with van der Waals surface area (Å²) in [6.45, 7) is 0. The summed E-state index contributed by atoms with van der Waals surface area (Å²) in [4.78, 5) is 13.8. The van der Waals surface area contributed by atoms with E-state index in [-0.39, 0.29) is 17.7 Å². The van der Waals surface area contributed by atoms with Gasteiger partial charge in [0.25, 0.3) is 0 Å². The minimum absolute atomic E-state index is 0.0129. The van der Waals surface area contributed by atoms with Crippen molar-refractivity contribution in [2.75, 3.05) is 33.3 Å². The number of carbonyl (C=O) groups is 1. The maximum Gasteiger partial charge on any atom is 0.243 e. The van der Waals surface area contributed by atoms with Gasteiger partial charge in [-0.1, -0.05) is 22.0 Å². The first-order valence-corrected chi connectivity index (χ1v) is 9.02. The summed E-state index contributed by atoms with van der Waals surface area (Å²) < 4.78 is 21.2. The van der Waals surface area contributed by atoms with Crippen molar-refractivity contribution < 1.29 is 28.8 Å². The summed E-state index contributed by atoms with van der Waals surface area (Å²) in [5.74, 6) is 1.63. The highest BCUT2D eigenvalue weighted by molar-refractivity contribution is 9.10. The maximum absolute atomic E-state index is 12.6. The van der Waals surface area contributed by atoms with Gasteiger partial charge in [0.2, 0.25) is 11.7 Å². The zero-order chi connectivity index (χ0) is 19.7. The summed E-state index contributed by atoms with van der Waals surface area (Å²) in [5, 5.41) is 10.1. The number of ether oxygens (including phenoxy) is 4. The van der Waals surface area contributed by atoms with Gasteiger partial charge >= 0.3 is 0 Å². The molecule has 1 fully saturated rings. The summed E-state index contributed by atoms with van der Waals surface area (Å²) in [5.41, 5.74) is 1.37. The van der Waals surface area contributed by atoms with Gasteiger partial charge in [0.15, 0.2) is 23.0 Å². The molecule has 3 rings (SSSR count). The molecule has 1 aliphatic heterocycles. The van der Waals surface area contributed by atoms with Gasteiger partial charge in [0, 0.05) is 12.1 Å². The number of amides is 1. The fourth-order valence-electron chi connectivity index (χ4n) is 3.16. The van der Waals surface area contributed by atoms with Gasteiger partial charge in [0.1, 0.15) is 4.83 Å². The molecular formula is C19H20BrNO6. The normalized spacial score (nSPS) is 18.7. The lowest BCUT2D eigenvalue weighted by atomic mass is 9.92. The highest BCUT2D eigenvalue weighted by Gasteiger charge is 2.48. The Labute approximate surface area is 165 Å². The van der Waals surface area contributed by atoms with Crippen LogP contribution in [0.15, 0.2) is 30.3 Å². The van der Waals surface area contributed by atoms with Gasteiger partial charge in [0.05, 0.1) is 40.2 Å². The monoisotopic (exact) mass is 437 g/mol. The Hall–Kier alpha value is -2.61. The molecule has 144 valence electrons. The Morgan fingerprint density at radius 2 is 1.52 bits per heavy atom. The quantitative estimate of drug-likeness (QED) is 0.551. The summed E-state index contributed by atoms with van der Waals surface area (Å²) in [6, 6.07) is 8.20. The molecule has 1 N–H and O–H groups in total. The Balaban J connectivity index is 2.05. The molecule has 1 saturated heterocycles. The van der Waals surface area contributed by atoms with E-state index < -0.39 is 4.83 Å². The van der Waals surface area contributed by atoms with Crippen LogP contribution in [-0.4, -0.2) is 44.3 Å². The summed E-state index contributed by atoms with van der Waals surface area (Å²) in [7, 11) is 6.04. The minimum atomic E-state index is -0.413. The molecule has 27 heavy (non-hydrogen) atoms. The first-order valence-electron chi connectivity index (χ1n) is 8.10. The number of nitrogens with zero attached hydrogens (tertiary/aromatic N) is 1. The Morgan fingerprint density at radius 3 is 2.00 bits per heavy atom. The van der Waals surface area contributed by atoms with Crippen molar-refractivity contribution in [1.82, 2.24) is 0 Å². The summed E-state index contributed by atoms with van der Waals surface area (Å²) in [6.07, 6.45) is 0. The second-order valence-electron chi connectivity index (χ2n) is 5.87. The number of aromatic hydroxyl groups is 1. The largest absolute Gasteiger partial charge is 0.504 e. The third kappa shape index (κ3) is 3.14. The molecule has 1 amide bonds. The second-order valence-corrected chi connectivity index (χ2v) is 6.86. The molecular weight excluding hydrogens is 418 g/mol. The van der Waals surface area contributed by atoms with Gasteiger partial charge in [-0.2, -0.15) is 0 Å². The number of phenols is 1. The van der Waals surface area contributed by atoms with Crippen LogP contribution >= 0.6 is 15.9 Å². The molecule has 8 heteroatoms. The van der Waals surface area contributed by atoms with E-state index in [2.05, 4.69) is 15.9 Å². The van der Waals surface area contributed by atoms with E-state index in [0.717, 1.165) is 5.56 Å². The van der Waals surface area contributed by atoms with Crippen molar-refractivity contribution in [3.63, 3.8) is 0 Å². The van der Waals surface area contributed by atoms with E-state index in [9.17, 15) is 9.90 Å². The highest BCUT2D eigenvalue weighted by Crippen LogP contribution is 2.48. The number of β-lactam (4-membered cyclic amide) rings is 1. The molecule has 0 unspecified atom stereocenters. The zero-order valence-corrected chi connectivity index (χ0v) is 16.9. The number of rotatable bonds is 6. The van der Waals surface area contributed by atoms with Crippen LogP contribution in [-0.2, 0) is 4.79 Å². The van der Waals surface area contributed by atoms with Crippen molar-refractivity contribution >= 4 is 27.5 Å². The average molecular weight is 438 g/mol. The molecule has 1 heterocycles. The molecule has 2 atom stereocenters. The highest BCUT2D eigenvalue weighted by atomic mass is 79.9. The fourth-order valence-corrected chi connectivity index (χ4v) is 3.92. The van der Waals surface area contributed by atoms with Gasteiger partial charge in [-0.25, -0.2) is 0 Å². The van der Waals surface area contributed by atoms with Crippen molar-refractivity contribution in [1.29, 1.82) is 0 Å². The van der Waals surface area contributed by atoms with E-state index in [4.69, 9.17) is 18.9 Å². The smallest absolute Gasteiger partial charge is 0.243 e. The van der Waals surface area contributed by atoms with Crippen LogP contribution in [0.25, 0.3) is 0 Å². The molecule has 0 aromatic heterocycles. The number of benzene rings is 2. The molecule has 1 aliphatic rings. The van der Waals surface area contributed by atoms with E-state index in [0.29, 0.717) is 28.7 Å². The van der Waals surface area contributed by atoms with Crippen LogP contribution in [0.3, 0.4) is 0 Å². The third-order valence-electron chi connectivity index (χ3n) is 4.50. The number of alkyl halides is 1. The first-order chi connectivity index (χ1) is 13.0. The molecule has 0 spiro atoms. The van der Waals surface area contributed by atoms with Gasteiger partial charge < -0.3 is 29.0 Å². The fraction of sp³-hybridized carbons (Fsp3) is 0.316. The average Bonchev–Trinajstić information content (AvgIpc) is 2.69. The van der Waals surface area contributed by atoms with Crippen LogP contribution < -0.4 is 23.8 Å². The van der Waals surface area contributed by atoms with Crippen LogP contribution in [0.4, 0.5) is 5.69 Å². The molecule has 0 saturated carbocycles. The van der Waals surface area contributed by atoms with Crippen molar-refractivity contribution in [2.45, 2.75) is 10.9 Å². The molecule has 2 aromatic rings. The van der Waals surface area contributed by atoms with Gasteiger partial charge in [-0.05, 0) is 17.7 Å². The van der Waals surface area contributed by atoms with E-state index in [1.165, 1.54) is 28.4 Å². The topological polar surface area (TPSA) is 77.5 Å². The Morgan fingerprint density at radius 1 is 0.926 bits per heavy atom. The van der Waals surface area contributed by atoms with E-state index in [1.807, 2.05) is 6.07 Å². The number of halogens is 1. The SMILES string of the molecule is COc1ccc([C@H]2[C@H](Br)C(=O)N2c2cc(OC)c(OC)c(OC)c2)cc1O. The zero-order valence-electron chi connectivity index (χ0n) is 15.4. The number of hydrogen-bond acceptors (Lipinski definition) is 6. The predicted octanol–water partition coefficient (Wildman–Crippen LogP) is 3.28. The van der Waals surface area contributed by atoms with Crippen LogP contribution in [0.5, 0.6) is 28.7 Å². The van der Waals surface area contributed by atoms with Crippen LogP contribution in [0.1, 0.15) is 11.6 Å². The number of phenolic OH excluding ortho intramolecular Hbond substituents is 1. The van der Waals surface area contributed by atoms with Gasteiger partial charge in [-0.15, -0.1) is 0 Å². The third-order valence-corrected chi connectivity index (χ3v) is 5.39. The first kappa shape index (κ1) is 19.2.